The zero-order chi connectivity index (χ0) is 12.6. The van der Waals surface area contributed by atoms with Crippen LogP contribution in [0.25, 0.3) is 0 Å². The summed E-state index contributed by atoms with van der Waals surface area (Å²) in [5.41, 5.74) is 3.42. The lowest BCUT2D eigenvalue weighted by atomic mass is 9.92. The highest BCUT2D eigenvalue weighted by Crippen LogP contribution is 2.49. The van der Waals surface area contributed by atoms with E-state index in [0.717, 1.165) is 18.8 Å². The minimum Gasteiger partial charge on any atom is -0.493 e. The van der Waals surface area contributed by atoms with Gasteiger partial charge < -0.3 is 10.1 Å². The normalized spacial score (nSPS) is 21.2. The molecule has 1 aromatic rings. The van der Waals surface area contributed by atoms with Crippen LogP contribution >= 0.6 is 0 Å². The zero-order valence-corrected chi connectivity index (χ0v) is 11.5. The third kappa shape index (κ3) is 2.26. The molecule has 1 unspecified atom stereocenters. The standard InChI is InChI=1S/C16H23NO/c1-16(8-9-16)15(17-2)6-4-12-3-5-14-13(11-12)7-10-18-14/h3,5,11,15,17H,4,6-10H2,1-2H3. The average Bonchev–Trinajstić information content (AvgIpc) is 2.94. The molecule has 0 aromatic heterocycles. The number of hydrogen-bond donors (Lipinski definition) is 1. The number of nitrogens with one attached hydrogen (secondary N) is 1. The summed E-state index contributed by atoms with van der Waals surface area (Å²) in [5, 5.41) is 3.50. The second kappa shape index (κ2) is 4.58. The molecule has 0 bridgehead atoms. The molecule has 0 amide bonds. The first-order valence-corrected chi connectivity index (χ1v) is 7.13. The maximum atomic E-state index is 5.55. The molecular weight excluding hydrogens is 222 g/mol. The van der Waals surface area contributed by atoms with Crippen molar-refractivity contribution in [2.24, 2.45) is 5.41 Å². The fourth-order valence-electron chi connectivity index (χ4n) is 3.09. The Kier molecular flexibility index (Phi) is 3.06. The molecule has 1 atom stereocenters. The summed E-state index contributed by atoms with van der Waals surface area (Å²) in [6, 6.07) is 7.38. The molecule has 1 heterocycles. The van der Waals surface area contributed by atoms with Crippen molar-refractivity contribution in [1.29, 1.82) is 0 Å². The van der Waals surface area contributed by atoms with E-state index in [2.05, 4.69) is 37.5 Å². The van der Waals surface area contributed by atoms with Gasteiger partial charge in [0.25, 0.3) is 0 Å². The zero-order valence-electron chi connectivity index (χ0n) is 11.5. The maximum Gasteiger partial charge on any atom is 0.122 e. The number of hydrogen-bond acceptors (Lipinski definition) is 2. The monoisotopic (exact) mass is 245 g/mol. The highest BCUT2D eigenvalue weighted by atomic mass is 16.5. The van der Waals surface area contributed by atoms with Crippen LogP contribution in [0.5, 0.6) is 5.75 Å². The van der Waals surface area contributed by atoms with Crippen molar-refractivity contribution in [2.45, 2.75) is 45.1 Å². The van der Waals surface area contributed by atoms with Gasteiger partial charge in [-0.1, -0.05) is 19.1 Å². The van der Waals surface area contributed by atoms with E-state index in [0.29, 0.717) is 11.5 Å². The molecule has 3 rings (SSSR count). The number of aryl methyl sites for hydroxylation is 1. The molecule has 1 aliphatic carbocycles. The molecule has 1 N–H and O–H groups in total. The smallest absolute Gasteiger partial charge is 0.122 e. The van der Waals surface area contributed by atoms with Crippen LogP contribution in [-0.2, 0) is 12.8 Å². The molecule has 1 fully saturated rings. The largest absolute Gasteiger partial charge is 0.493 e. The first-order chi connectivity index (χ1) is 8.71. The van der Waals surface area contributed by atoms with Gasteiger partial charge in [0.2, 0.25) is 0 Å². The Bertz CT molecular complexity index is 437. The van der Waals surface area contributed by atoms with Crippen LogP contribution < -0.4 is 10.1 Å². The lowest BCUT2D eigenvalue weighted by Gasteiger charge is -2.23. The maximum absolute atomic E-state index is 5.55. The van der Waals surface area contributed by atoms with Gasteiger partial charge in [-0.25, -0.2) is 0 Å². The van der Waals surface area contributed by atoms with Gasteiger partial charge in [0.1, 0.15) is 5.75 Å². The summed E-state index contributed by atoms with van der Waals surface area (Å²) in [6.07, 6.45) is 6.27. The highest BCUT2D eigenvalue weighted by molar-refractivity contribution is 5.39. The van der Waals surface area contributed by atoms with Crippen molar-refractivity contribution in [2.75, 3.05) is 13.7 Å². The van der Waals surface area contributed by atoms with Crippen molar-refractivity contribution in [3.8, 4) is 5.75 Å². The van der Waals surface area contributed by atoms with E-state index in [1.54, 1.807) is 0 Å². The van der Waals surface area contributed by atoms with Crippen LogP contribution in [0.2, 0.25) is 0 Å². The van der Waals surface area contributed by atoms with E-state index in [1.165, 1.54) is 36.8 Å². The predicted molar refractivity (Wildman–Crippen MR) is 74.2 cm³/mol. The highest BCUT2D eigenvalue weighted by Gasteiger charge is 2.43. The van der Waals surface area contributed by atoms with E-state index in [-0.39, 0.29) is 0 Å². The summed E-state index contributed by atoms with van der Waals surface area (Å²) >= 11 is 0. The molecule has 2 nitrogen and oxygen atoms in total. The first-order valence-electron chi connectivity index (χ1n) is 7.13. The predicted octanol–water partition coefficient (Wildman–Crippen LogP) is 2.94. The van der Waals surface area contributed by atoms with Crippen molar-refractivity contribution in [3.63, 3.8) is 0 Å². The average molecular weight is 245 g/mol. The van der Waals surface area contributed by atoms with Gasteiger partial charge in [-0.05, 0) is 55.3 Å². The number of rotatable bonds is 5. The molecule has 1 aromatic carbocycles. The Morgan fingerprint density at radius 3 is 2.94 bits per heavy atom. The lowest BCUT2D eigenvalue weighted by Crippen LogP contribution is -2.33. The molecule has 98 valence electrons. The molecule has 2 heteroatoms. The topological polar surface area (TPSA) is 21.3 Å². The number of benzene rings is 1. The minimum absolute atomic E-state index is 0.564. The van der Waals surface area contributed by atoms with E-state index in [9.17, 15) is 0 Å². The van der Waals surface area contributed by atoms with E-state index >= 15 is 0 Å². The Morgan fingerprint density at radius 2 is 2.22 bits per heavy atom. The summed E-state index contributed by atoms with van der Waals surface area (Å²) in [6.45, 7) is 3.26. The molecule has 2 aliphatic rings. The van der Waals surface area contributed by atoms with Crippen molar-refractivity contribution < 1.29 is 4.74 Å². The van der Waals surface area contributed by atoms with Crippen LogP contribution in [0.4, 0.5) is 0 Å². The summed E-state index contributed by atoms with van der Waals surface area (Å²) in [5.74, 6) is 1.10. The van der Waals surface area contributed by atoms with Crippen LogP contribution in [0.15, 0.2) is 18.2 Å². The second-order valence-electron chi connectivity index (χ2n) is 6.07. The molecule has 1 saturated carbocycles. The third-order valence-corrected chi connectivity index (χ3v) is 4.70. The Balaban J connectivity index is 1.62. The molecular formula is C16H23NO. The van der Waals surface area contributed by atoms with E-state index in [1.807, 2.05) is 0 Å². The van der Waals surface area contributed by atoms with Crippen molar-refractivity contribution in [1.82, 2.24) is 5.32 Å². The molecule has 1 aliphatic heterocycles. The van der Waals surface area contributed by atoms with Gasteiger partial charge in [0, 0.05) is 12.5 Å². The lowest BCUT2D eigenvalue weighted by molar-refractivity contribution is 0.356. The fraction of sp³-hybridized carbons (Fsp3) is 0.625. The van der Waals surface area contributed by atoms with Crippen molar-refractivity contribution in [3.05, 3.63) is 29.3 Å². The van der Waals surface area contributed by atoms with Crippen molar-refractivity contribution >= 4 is 0 Å². The fourth-order valence-corrected chi connectivity index (χ4v) is 3.09. The van der Waals surface area contributed by atoms with Gasteiger partial charge in [-0.2, -0.15) is 0 Å². The van der Waals surface area contributed by atoms with Gasteiger partial charge >= 0.3 is 0 Å². The summed E-state index contributed by atoms with van der Waals surface area (Å²) in [4.78, 5) is 0. The van der Waals surface area contributed by atoms with Gasteiger partial charge in [-0.15, -0.1) is 0 Å². The molecule has 0 saturated heterocycles. The minimum atomic E-state index is 0.564. The SMILES string of the molecule is CNC(CCc1ccc2c(c1)CCO2)C1(C)CC1. The van der Waals surface area contributed by atoms with Crippen LogP contribution in [0, 0.1) is 5.41 Å². The number of fused-ring (bicyclic) bond motifs is 1. The van der Waals surface area contributed by atoms with E-state index < -0.39 is 0 Å². The van der Waals surface area contributed by atoms with Gasteiger partial charge in [-0.3, -0.25) is 0 Å². The Morgan fingerprint density at radius 1 is 1.39 bits per heavy atom. The Labute approximate surface area is 110 Å². The van der Waals surface area contributed by atoms with Crippen LogP contribution in [0.3, 0.4) is 0 Å². The van der Waals surface area contributed by atoms with Gasteiger partial charge in [0.05, 0.1) is 6.61 Å². The Hall–Kier alpha value is -1.02. The molecule has 0 spiro atoms. The third-order valence-electron chi connectivity index (χ3n) is 4.70. The van der Waals surface area contributed by atoms with E-state index in [4.69, 9.17) is 4.74 Å². The quantitative estimate of drug-likeness (QED) is 0.861. The first kappa shape index (κ1) is 12.0. The van der Waals surface area contributed by atoms with Gasteiger partial charge in [0.15, 0.2) is 0 Å². The second-order valence-corrected chi connectivity index (χ2v) is 6.07. The number of ether oxygens (including phenoxy) is 1. The summed E-state index contributed by atoms with van der Waals surface area (Å²) in [7, 11) is 2.10. The molecule has 0 radical (unpaired) electrons. The summed E-state index contributed by atoms with van der Waals surface area (Å²) < 4.78 is 5.55. The van der Waals surface area contributed by atoms with Crippen LogP contribution in [0.1, 0.15) is 37.3 Å². The van der Waals surface area contributed by atoms with Crippen LogP contribution in [-0.4, -0.2) is 19.7 Å². The molecule has 18 heavy (non-hydrogen) atoms.